The lowest BCUT2D eigenvalue weighted by molar-refractivity contribution is 0.340. The van der Waals surface area contributed by atoms with Crippen molar-refractivity contribution >= 4 is 15.9 Å². The van der Waals surface area contributed by atoms with E-state index in [0.29, 0.717) is 19.1 Å². The molecule has 0 saturated carbocycles. The largest absolute Gasteiger partial charge is 0.494 e. The first-order valence-corrected chi connectivity index (χ1v) is 7.69. The molecule has 1 unspecified atom stereocenters. The van der Waals surface area contributed by atoms with Gasteiger partial charge in [-0.1, -0.05) is 40.2 Å². The molecule has 2 nitrogen and oxygen atoms in total. The van der Waals surface area contributed by atoms with Gasteiger partial charge in [-0.2, -0.15) is 0 Å². The number of ether oxygens (including phenoxy) is 1. The van der Waals surface area contributed by atoms with E-state index in [0.717, 1.165) is 16.6 Å². The third-order valence-electron chi connectivity index (χ3n) is 3.34. The van der Waals surface area contributed by atoms with Crippen LogP contribution in [0.5, 0.6) is 5.75 Å². The Hall–Kier alpha value is -1.32. The SMILES string of the molecule is CCOc1ccc(CC(CN)c2ccc(Br)cc2)cc1. The van der Waals surface area contributed by atoms with Gasteiger partial charge in [0.2, 0.25) is 0 Å². The quantitative estimate of drug-likeness (QED) is 0.862. The Morgan fingerprint density at radius 3 is 2.25 bits per heavy atom. The summed E-state index contributed by atoms with van der Waals surface area (Å²) in [6, 6.07) is 16.7. The molecule has 2 rings (SSSR count). The van der Waals surface area contributed by atoms with E-state index in [1.54, 1.807) is 0 Å². The summed E-state index contributed by atoms with van der Waals surface area (Å²) in [5.74, 6) is 1.27. The molecule has 20 heavy (non-hydrogen) atoms. The molecule has 106 valence electrons. The van der Waals surface area contributed by atoms with Crippen LogP contribution < -0.4 is 10.5 Å². The first-order chi connectivity index (χ1) is 9.72. The molecule has 2 aromatic carbocycles. The summed E-state index contributed by atoms with van der Waals surface area (Å²) in [5, 5.41) is 0. The van der Waals surface area contributed by atoms with Crippen LogP contribution in [-0.4, -0.2) is 13.2 Å². The Labute approximate surface area is 129 Å². The lowest BCUT2D eigenvalue weighted by Crippen LogP contribution is -2.15. The Balaban J connectivity index is 2.07. The molecule has 1 atom stereocenters. The summed E-state index contributed by atoms with van der Waals surface area (Å²) in [7, 11) is 0. The van der Waals surface area contributed by atoms with Crippen molar-refractivity contribution < 1.29 is 4.74 Å². The molecule has 0 heterocycles. The minimum atomic E-state index is 0.348. The van der Waals surface area contributed by atoms with Crippen LogP contribution in [0.15, 0.2) is 53.0 Å². The summed E-state index contributed by atoms with van der Waals surface area (Å²) in [6.07, 6.45) is 0.949. The molecule has 0 spiro atoms. The highest BCUT2D eigenvalue weighted by Crippen LogP contribution is 2.23. The number of nitrogens with two attached hydrogens (primary N) is 1. The van der Waals surface area contributed by atoms with Crippen LogP contribution in [0.3, 0.4) is 0 Å². The van der Waals surface area contributed by atoms with Crippen molar-refractivity contribution in [3.05, 3.63) is 64.1 Å². The van der Waals surface area contributed by atoms with Crippen molar-refractivity contribution in [3.63, 3.8) is 0 Å². The fourth-order valence-electron chi connectivity index (χ4n) is 2.25. The van der Waals surface area contributed by atoms with E-state index in [-0.39, 0.29) is 0 Å². The third kappa shape index (κ3) is 4.09. The van der Waals surface area contributed by atoms with Crippen molar-refractivity contribution in [2.45, 2.75) is 19.3 Å². The predicted octanol–water partition coefficient (Wildman–Crippen LogP) is 4.13. The average Bonchev–Trinajstić information content (AvgIpc) is 2.48. The summed E-state index contributed by atoms with van der Waals surface area (Å²) < 4.78 is 6.56. The van der Waals surface area contributed by atoms with Gasteiger partial charge in [0.15, 0.2) is 0 Å². The standard InChI is InChI=1S/C17H20BrNO/c1-2-20-17-9-3-13(4-10-17)11-15(12-19)14-5-7-16(18)8-6-14/h3-10,15H,2,11-12,19H2,1H3. The lowest BCUT2D eigenvalue weighted by Gasteiger charge is -2.16. The van der Waals surface area contributed by atoms with Gasteiger partial charge in [-0.3, -0.25) is 0 Å². The number of hydrogen-bond acceptors (Lipinski definition) is 2. The highest BCUT2D eigenvalue weighted by Gasteiger charge is 2.10. The maximum absolute atomic E-state index is 5.93. The van der Waals surface area contributed by atoms with Crippen LogP contribution in [0.25, 0.3) is 0 Å². The Kier molecular flexibility index (Phi) is 5.62. The first kappa shape index (κ1) is 15.1. The number of benzene rings is 2. The molecule has 0 fully saturated rings. The van der Waals surface area contributed by atoms with E-state index >= 15 is 0 Å². The molecular weight excluding hydrogens is 314 g/mol. The minimum Gasteiger partial charge on any atom is -0.494 e. The maximum Gasteiger partial charge on any atom is 0.119 e. The molecule has 0 aromatic heterocycles. The third-order valence-corrected chi connectivity index (χ3v) is 3.87. The topological polar surface area (TPSA) is 35.2 Å². The zero-order chi connectivity index (χ0) is 14.4. The molecule has 0 radical (unpaired) electrons. The van der Waals surface area contributed by atoms with Gasteiger partial charge in [0.1, 0.15) is 5.75 Å². The summed E-state index contributed by atoms with van der Waals surface area (Å²) >= 11 is 3.46. The van der Waals surface area contributed by atoms with E-state index in [4.69, 9.17) is 10.5 Å². The minimum absolute atomic E-state index is 0.348. The fraction of sp³-hybridized carbons (Fsp3) is 0.294. The van der Waals surface area contributed by atoms with E-state index in [2.05, 4.69) is 52.3 Å². The van der Waals surface area contributed by atoms with Gasteiger partial charge < -0.3 is 10.5 Å². The molecule has 3 heteroatoms. The van der Waals surface area contributed by atoms with Crippen LogP contribution in [0.2, 0.25) is 0 Å². The second-order valence-corrected chi connectivity index (χ2v) is 5.68. The Morgan fingerprint density at radius 2 is 1.70 bits per heavy atom. The average molecular weight is 334 g/mol. The van der Waals surface area contributed by atoms with Crippen molar-refractivity contribution in [2.75, 3.05) is 13.2 Å². The number of halogens is 1. The van der Waals surface area contributed by atoms with Crippen molar-refractivity contribution in [1.29, 1.82) is 0 Å². The van der Waals surface area contributed by atoms with Crippen molar-refractivity contribution in [1.82, 2.24) is 0 Å². The molecule has 0 amide bonds. The highest BCUT2D eigenvalue weighted by molar-refractivity contribution is 9.10. The molecule has 2 aromatic rings. The Morgan fingerprint density at radius 1 is 1.05 bits per heavy atom. The predicted molar refractivity (Wildman–Crippen MR) is 87.3 cm³/mol. The lowest BCUT2D eigenvalue weighted by atomic mass is 9.92. The molecule has 0 aliphatic heterocycles. The zero-order valence-electron chi connectivity index (χ0n) is 11.7. The van der Waals surface area contributed by atoms with Crippen LogP contribution in [0.1, 0.15) is 24.0 Å². The van der Waals surface area contributed by atoms with E-state index < -0.39 is 0 Å². The van der Waals surface area contributed by atoms with Gasteiger partial charge in [-0.05, 0) is 55.3 Å². The van der Waals surface area contributed by atoms with Gasteiger partial charge in [0, 0.05) is 10.4 Å². The Bertz CT molecular complexity index is 522. The van der Waals surface area contributed by atoms with Gasteiger partial charge in [0.25, 0.3) is 0 Å². The molecular formula is C17H20BrNO. The monoisotopic (exact) mass is 333 g/mol. The van der Waals surface area contributed by atoms with Crippen LogP contribution in [0.4, 0.5) is 0 Å². The van der Waals surface area contributed by atoms with Crippen LogP contribution >= 0.6 is 15.9 Å². The van der Waals surface area contributed by atoms with Gasteiger partial charge in [0.05, 0.1) is 6.61 Å². The first-order valence-electron chi connectivity index (χ1n) is 6.90. The van der Waals surface area contributed by atoms with Crippen LogP contribution in [0, 0.1) is 0 Å². The zero-order valence-corrected chi connectivity index (χ0v) is 13.3. The van der Waals surface area contributed by atoms with Crippen LogP contribution in [-0.2, 0) is 6.42 Å². The van der Waals surface area contributed by atoms with Crippen molar-refractivity contribution in [3.8, 4) is 5.75 Å². The maximum atomic E-state index is 5.93. The van der Waals surface area contributed by atoms with E-state index in [9.17, 15) is 0 Å². The van der Waals surface area contributed by atoms with Gasteiger partial charge >= 0.3 is 0 Å². The van der Waals surface area contributed by atoms with E-state index in [1.807, 2.05) is 19.1 Å². The summed E-state index contributed by atoms with van der Waals surface area (Å²) in [6.45, 7) is 3.34. The molecule has 0 saturated heterocycles. The fourth-order valence-corrected chi connectivity index (χ4v) is 2.51. The summed E-state index contributed by atoms with van der Waals surface area (Å²) in [5.41, 5.74) is 8.50. The molecule has 2 N–H and O–H groups in total. The number of hydrogen-bond donors (Lipinski definition) is 1. The molecule has 0 bridgehead atoms. The highest BCUT2D eigenvalue weighted by atomic mass is 79.9. The van der Waals surface area contributed by atoms with Gasteiger partial charge in [-0.25, -0.2) is 0 Å². The number of rotatable bonds is 6. The second-order valence-electron chi connectivity index (χ2n) is 4.77. The summed E-state index contributed by atoms with van der Waals surface area (Å²) in [4.78, 5) is 0. The van der Waals surface area contributed by atoms with Crippen molar-refractivity contribution in [2.24, 2.45) is 5.73 Å². The van der Waals surface area contributed by atoms with E-state index in [1.165, 1.54) is 11.1 Å². The second kappa shape index (κ2) is 7.46. The van der Waals surface area contributed by atoms with Gasteiger partial charge in [-0.15, -0.1) is 0 Å². The smallest absolute Gasteiger partial charge is 0.119 e. The normalized spacial score (nSPS) is 12.2. The molecule has 0 aliphatic rings. The molecule has 0 aliphatic carbocycles.